The van der Waals surface area contributed by atoms with Crippen LogP contribution in [0.25, 0.3) is 0 Å². The summed E-state index contributed by atoms with van der Waals surface area (Å²) in [5, 5.41) is 12.7. The molecule has 0 aliphatic carbocycles. The average molecular weight is 496 g/mol. The minimum absolute atomic E-state index is 0.0254. The first kappa shape index (κ1) is 25.6. The summed E-state index contributed by atoms with van der Waals surface area (Å²) >= 11 is 0. The minimum Gasteiger partial charge on any atom is -0.343 e. The third-order valence-electron chi connectivity index (χ3n) is 5.37. The van der Waals surface area contributed by atoms with Crippen LogP contribution in [-0.2, 0) is 16.1 Å². The van der Waals surface area contributed by atoms with Gasteiger partial charge in [0.2, 0.25) is 17.6 Å². The molecule has 1 aliphatic heterocycles. The molecule has 1 atom stereocenters. The predicted molar refractivity (Wildman–Crippen MR) is 115 cm³/mol. The predicted octanol–water partition coefficient (Wildman–Crippen LogP) is 3.04. The number of hydrogen-bond donors (Lipinski definition) is 1. The van der Waals surface area contributed by atoms with E-state index in [4.69, 9.17) is 0 Å². The molecule has 1 fully saturated rings. The van der Waals surface area contributed by atoms with Gasteiger partial charge in [0.1, 0.15) is 6.54 Å². The topological polar surface area (TPSA) is 113 Å². The number of nitro benzene ring substituents is 1. The zero-order valence-electron chi connectivity index (χ0n) is 18.3. The van der Waals surface area contributed by atoms with Gasteiger partial charge < -0.3 is 15.1 Å². The van der Waals surface area contributed by atoms with Crippen LogP contribution in [0.5, 0.6) is 0 Å². The van der Waals surface area contributed by atoms with Gasteiger partial charge in [0, 0.05) is 38.2 Å². The molecule has 1 saturated heterocycles. The third kappa shape index (κ3) is 6.31. The first-order valence-electron chi connectivity index (χ1n) is 10.3. The molecule has 186 valence electrons. The summed E-state index contributed by atoms with van der Waals surface area (Å²) in [5.41, 5.74) is -0.0425. The Morgan fingerprint density at radius 3 is 2.46 bits per heavy atom. The van der Waals surface area contributed by atoms with E-state index < -0.39 is 46.9 Å². The molecular weight excluding hydrogens is 476 g/mol. The van der Waals surface area contributed by atoms with Gasteiger partial charge in [-0.2, -0.15) is 17.6 Å². The van der Waals surface area contributed by atoms with Gasteiger partial charge in [0.15, 0.2) is 0 Å². The van der Waals surface area contributed by atoms with Crippen LogP contribution in [0.1, 0.15) is 22.3 Å². The lowest BCUT2D eigenvalue weighted by molar-refractivity contribution is -0.387. The molecule has 2 aromatic rings. The molecule has 0 saturated carbocycles. The Hall–Kier alpha value is -4.03. The van der Waals surface area contributed by atoms with Gasteiger partial charge in [-0.15, -0.1) is 0 Å². The van der Waals surface area contributed by atoms with Crippen molar-refractivity contribution in [3.63, 3.8) is 0 Å². The van der Waals surface area contributed by atoms with Crippen molar-refractivity contribution in [3.8, 4) is 0 Å². The summed E-state index contributed by atoms with van der Waals surface area (Å²) in [6, 6.07) is 8.71. The number of nitrogens with one attached hydrogen (secondary N) is 1. The van der Waals surface area contributed by atoms with E-state index in [2.05, 4.69) is 0 Å². The van der Waals surface area contributed by atoms with Crippen LogP contribution in [0.2, 0.25) is 0 Å². The van der Waals surface area contributed by atoms with Crippen molar-refractivity contribution in [1.29, 1.82) is 0 Å². The summed E-state index contributed by atoms with van der Waals surface area (Å²) in [6.45, 7) is -1.38. The summed E-state index contributed by atoms with van der Waals surface area (Å²) in [7, 11) is 1.50. The van der Waals surface area contributed by atoms with Gasteiger partial charge in [-0.1, -0.05) is 12.1 Å². The number of alkyl halides is 3. The number of nitro groups is 1. The van der Waals surface area contributed by atoms with Crippen LogP contribution >= 0.6 is 0 Å². The first-order valence-corrected chi connectivity index (χ1v) is 10.3. The van der Waals surface area contributed by atoms with Gasteiger partial charge in [0.25, 0.3) is 5.91 Å². The number of rotatable bonds is 7. The number of benzene rings is 2. The summed E-state index contributed by atoms with van der Waals surface area (Å²) in [6.07, 6.45) is -4.66. The Balaban J connectivity index is 1.61. The van der Waals surface area contributed by atoms with Crippen LogP contribution in [0, 0.1) is 21.8 Å². The van der Waals surface area contributed by atoms with E-state index in [9.17, 15) is 42.1 Å². The SMILES string of the molecule is CN(Cc1ccc(C(=O)NCC(F)(F)F)cc1)C(=O)[C@@H]1CC(=O)N(c2ccc(F)c([N+](=O)[O-])c2)C1. The number of hydrogen-bond acceptors (Lipinski definition) is 5. The van der Waals surface area contributed by atoms with E-state index in [0.29, 0.717) is 5.56 Å². The standard InChI is InChI=1S/C22H20F4N4O5/c1-28(10-13-2-4-14(5-3-13)20(32)27-12-22(24,25)26)21(33)15-8-19(31)29(11-15)16-6-7-17(23)18(9-16)30(34)35/h2-7,9,15H,8,10-12H2,1H3,(H,27,32)/t15-/m1/s1. The number of halogens is 4. The Kier molecular flexibility index (Phi) is 7.37. The second-order valence-electron chi connectivity index (χ2n) is 7.99. The zero-order valence-corrected chi connectivity index (χ0v) is 18.3. The van der Waals surface area contributed by atoms with Crippen molar-refractivity contribution in [2.45, 2.75) is 19.1 Å². The highest BCUT2D eigenvalue weighted by atomic mass is 19.4. The molecular formula is C22H20F4N4O5. The van der Waals surface area contributed by atoms with Crippen LogP contribution in [0.4, 0.5) is 28.9 Å². The molecule has 0 unspecified atom stereocenters. The fraction of sp³-hybridized carbons (Fsp3) is 0.318. The Morgan fingerprint density at radius 2 is 1.86 bits per heavy atom. The normalized spacial score (nSPS) is 15.7. The number of anilines is 1. The molecule has 0 bridgehead atoms. The minimum atomic E-state index is -4.53. The molecule has 2 aromatic carbocycles. The molecule has 1 aliphatic rings. The summed E-state index contributed by atoms with van der Waals surface area (Å²) in [5.74, 6) is -3.47. The molecule has 1 heterocycles. The number of carbonyl (C=O) groups is 3. The van der Waals surface area contributed by atoms with Crippen LogP contribution < -0.4 is 10.2 Å². The van der Waals surface area contributed by atoms with E-state index >= 15 is 0 Å². The van der Waals surface area contributed by atoms with Crippen molar-refractivity contribution < 1.29 is 36.9 Å². The molecule has 1 N–H and O–H groups in total. The fourth-order valence-corrected chi connectivity index (χ4v) is 3.64. The van der Waals surface area contributed by atoms with E-state index in [1.54, 1.807) is 5.32 Å². The van der Waals surface area contributed by atoms with Crippen molar-refractivity contribution in [1.82, 2.24) is 10.2 Å². The van der Waals surface area contributed by atoms with E-state index in [-0.39, 0.29) is 36.7 Å². The summed E-state index contributed by atoms with van der Waals surface area (Å²) in [4.78, 5) is 49.7. The van der Waals surface area contributed by atoms with Crippen molar-refractivity contribution in [3.05, 3.63) is 69.5 Å². The van der Waals surface area contributed by atoms with Gasteiger partial charge >= 0.3 is 11.9 Å². The molecule has 0 aromatic heterocycles. The Morgan fingerprint density at radius 1 is 1.20 bits per heavy atom. The number of amides is 3. The highest BCUT2D eigenvalue weighted by molar-refractivity contribution is 6.00. The molecule has 13 heteroatoms. The maximum absolute atomic E-state index is 13.6. The number of carbonyl (C=O) groups excluding carboxylic acids is 3. The quantitative estimate of drug-likeness (QED) is 0.360. The van der Waals surface area contributed by atoms with Gasteiger partial charge in [-0.25, -0.2) is 0 Å². The zero-order chi connectivity index (χ0) is 25.9. The van der Waals surface area contributed by atoms with Gasteiger partial charge in [-0.05, 0) is 29.8 Å². The lowest BCUT2D eigenvalue weighted by atomic mass is 10.1. The molecule has 35 heavy (non-hydrogen) atoms. The Bertz CT molecular complexity index is 1150. The van der Waals surface area contributed by atoms with Gasteiger partial charge in [-0.3, -0.25) is 24.5 Å². The second kappa shape index (κ2) is 10.1. The van der Waals surface area contributed by atoms with E-state index in [1.807, 2.05) is 0 Å². The maximum Gasteiger partial charge on any atom is 0.405 e. The molecule has 3 amide bonds. The van der Waals surface area contributed by atoms with Crippen LogP contribution in [-0.4, -0.2) is 53.9 Å². The Labute approximate surface area is 196 Å². The smallest absolute Gasteiger partial charge is 0.343 e. The van der Waals surface area contributed by atoms with Crippen LogP contribution in [0.15, 0.2) is 42.5 Å². The largest absolute Gasteiger partial charge is 0.405 e. The van der Waals surface area contributed by atoms with Gasteiger partial charge in [0.05, 0.1) is 16.5 Å². The molecule has 9 nitrogen and oxygen atoms in total. The monoisotopic (exact) mass is 496 g/mol. The van der Waals surface area contributed by atoms with Crippen LogP contribution in [0.3, 0.4) is 0 Å². The lowest BCUT2D eigenvalue weighted by Gasteiger charge is -2.22. The number of nitrogens with zero attached hydrogens (tertiary/aromatic N) is 3. The van der Waals surface area contributed by atoms with Crippen molar-refractivity contribution in [2.75, 3.05) is 25.0 Å². The highest BCUT2D eigenvalue weighted by Gasteiger charge is 2.37. The molecule has 0 spiro atoms. The second-order valence-corrected chi connectivity index (χ2v) is 7.99. The fourth-order valence-electron chi connectivity index (χ4n) is 3.64. The maximum atomic E-state index is 13.6. The summed E-state index contributed by atoms with van der Waals surface area (Å²) < 4.78 is 50.3. The van der Waals surface area contributed by atoms with Crippen molar-refractivity contribution in [2.24, 2.45) is 5.92 Å². The third-order valence-corrected chi connectivity index (χ3v) is 5.37. The van der Waals surface area contributed by atoms with E-state index in [1.165, 1.54) is 47.2 Å². The molecule has 0 radical (unpaired) electrons. The highest BCUT2D eigenvalue weighted by Crippen LogP contribution is 2.30. The average Bonchev–Trinajstić information content (AvgIpc) is 3.18. The first-order chi connectivity index (χ1) is 16.4. The van der Waals surface area contributed by atoms with E-state index in [0.717, 1.165) is 12.1 Å². The lowest BCUT2D eigenvalue weighted by Crippen LogP contribution is -2.34. The van der Waals surface area contributed by atoms with Crippen molar-refractivity contribution >= 4 is 29.1 Å². The molecule has 3 rings (SSSR count).